The molecule has 1 saturated heterocycles. The van der Waals surface area contributed by atoms with Gasteiger partial charge in [-0.1, -0.05) is 24.3 Å². The van der Waals surface area contributed by atoms with E-state index in [1.807, 2.05) is 18.7 Å². The maximum atomic E-state index is 12.3. The van der Waals surface area contributed by atoms with E-state index in [-0.39, 0.29) is 35.8 Å². The van der Waals surface area contributed by atoms with Crippen LogP contribution in [0.1, 0.15) is 56.6 Å². The lowest BCUT2D eigenvalue weighted by Gasteiger charge is -2.40. The van der Waals surface area contributed by atoms with Crippen molar-refractivity contribution in [3.8, 4) is 0 Å². The Morgan fingerprint density at radius 2 is 1.96 bits per heavy atom. The number of rotatable bonds is 5. The van der Waals surface area contributed by atoms with Gasteiger partial charge < -0.3 is 15.0 Å². The molecule has 3 rings (SSSR count). The maximum Gasteiger partial charge on any atom is 0.248 e. The standard InChI is InChI=1S/C21H30N2O3/c1-15(2)22-19(24)12-16-13-21(18-7-5-4-6-17(16)18)8-10-23(11-9-21)20(25)14-26-3/h4-7,15-16H,8-14H2,1-3H3,(H,22,24)/t16-/m0/s1. The van der Waals surface area contributed by atoms with Crippen LogP contribution in [-0.4, -0.2) is 49.6 Å². The van der Waals surface area contributed by atoms with Gasteiger partial charge in [0.2, 0.25) is 11.8 Å². The molecule has 2 aliphatic rings. The smallest absolute Gasteiger partial charge is 0.248 e. The fraction of sp³-hybridized carbons (Fsp3) is 0.619. The van der Waals surface area contributed by atoms with Crippen LogP contribution in [0.25, 0.3) is 0 Å². The zero-order chi connectivity index (χ0) is 18.7. The topological polar surface area (TPSA) is 58.6 Å². The normalized spacial score (nSPS) is 21.1. The lowest BCUT2D eigenvalue weighted by Crippen LogP contribution is -2.45. The second kappa shape index (κ2) is 7.78. The van der Waals surface area contributed by atoms with E-state index >= 15 is 0 Å². The predicted octanol–water partition coefficient (Wildman–Crippen LogP) is 2.60. The molecule has 1 N–H and O–H groups in total. The summed E-state index contributed by atoms with van der Waals surface area (Å²) in [6, 6.07) is 8.74. The van der Waals surface area contributed by atoms with Crippen molar-refractivity contribution >= 4 is 11.8 Å². The Balaban J connectivity index is 1.74. The van der Waals surface area contributed by atoms with Crippen molar-refractivity contribution in [3.63, 3.8) is 0 Å². The van der Waals surface area contributed by atoms with Crippen molar-refractivity contribution in [2.75, 3.05) is 26.8 Å². The minimum absolute atomic E-state index is 0.0708. The van der Waals surface area contributed by atoms with Crippen LogP contribution in [0.4, 0.5) is 0 Å². The molecule has 1 aromatic rings. The Kier molecular flexibility index (Phi) is 5.66. The fourth-order valence-electron chi connectivity index (χ4n) is 4.69. The zero-order valence-electron chi connectivity index (χ0n) is 16.1. The number of amides is 2. The third-order valence-corrected chi connectivity index (χ3v) is 5.83. The third-order valence-electron chi connectivity index (χ3n) is 5.83. The predicted molar refractivity (Wildman–Crippen MR) is 101 cm³/mol. The first-order chi connectivity index (χ1) is 12.4. The van der Waals surface area contributed by atoms with Crippen molar-refractivity contribution < 1.29 is 14.3 Å². The van der Waals surface area contributed by atoms with E-state index in [0.717, 1.165) is 32.4 Å². The highest BCUT2D eigenvalue weighted by molar-refractivity contribution is 5.78. The van der Waals surface area contributed by atoms with Crippen LogP contribution in [0.15, 0.2) is 24.3 Å². The van der Waals surface area contributed by atoms with E-state index in [1.54, 1.807) is 7.11 Å². The Bertz CT molecular complexity index is 663. The number of nitrogens with zero attached hydrogens (tertiary/aromatic N) is 1. The van der Waals surface area contributed by atoms with E-state index in [4.69, 9.17) is 4.74 Å². The Hall–Kier alpha value is -1.88. The number of carbonyl (C=O) groups excluding carboxylic acids is 2. The summed E-state index contributed by atoms with van der Waals surface area (Å²) in [5.41, 5.74) is 2.81. The molecule has 1 atom stereocenters. The van der Waals surface area contributed by atoms with Crippen molar-refractivity contribution in [2.45, 2.75) is 56.9 Å². The van der Waals surface area contributed by atoms with Crippen molar-refractivity contribution in [1.29, 1.82) is 0 Å². The molecule has 1 fully saturated rings. The lowest BCUT2D eigenvalue weighted by atomic mass is 9.73. The Labute approximate surface area is 156 Å². The fourth-order valence-corrected chi connectivity index (χ4v) is 4.69. The summed E-state index contributed by atoms with van der Waals surface area (Å²) in [5, 5.41) is 3.02. The molecule has 2 amide bonds. The largest absolute Gasteiger partial charge is 0.375 e. The third kappa shape index (κ3) is 3.78. The van der Waals surface area contributed by atoms with Crippen LogP contribution in [0.3, 0.4) is 0 Å². The van der Waals surface area contributed by atoms with E-state index in [1.165, 1.54) is 11.1 Å². The summed E-state index contributed by atoms with van der Waals surface area (Å²) >= 11 is 0. The van der Waals surface area contributed by atoms with Gasteiger partial charge in [0.25, 0.3) is 0 Å². The highest BCUT2D eigenvalue weighted by atomic mass is 16.5. The number of methoxy groups -OCH3 is 1. The molecule has 1 aliphatic carbocycles. The van der Waals surface area contributed by atoms with Gasteiger partial charge in [0.15, 0.2) is 0 Å². The molecule has 1 aliphatic heterocycles. The highest BCUT2D eigenvalue weighted by Gasteiger charge is 2.46. The first-order valence-corrected chi connectivity index (χ1v) is 9.60. The summed E-state index contributed by atoms with van der Waals surface area (Å²) < 4.78 is 4.99. The molecule has 1 spiro atoms. The summed E-state index contributed by atoms with van der Waals surface area (Å²) in [6.45, 7) is 5.67. The van der Waals surface area contributed by atoms with Gasteiger partial charge >= 0.3 is 0 Å². The molecule has 1 aromatic carbocycles. The van der Waals surface area contributed by atoms with Gasteiger partial charge in [0.1, 0.15) is 6.61 Å². The molecule has 0 radical (unpaired) electrons. The number of carbonyl (C=O) groups is 2. The molecule has 0 unspecified atom stereocenters. The van der Waals surface area contributed by atoms with Gasteiger partial charge in [-0.3, -0.25) is 9.59 Å². The van der Waals surface area contributed by atoms with Gasteiger partial charge in [-0.2, -0.15) is 0 Å². The molecule has 0 saturated carbocycles. The molecule has 1 heterocycles. The lowest BCUT2D eigenvalue weighted by molar-refractivity contribution is -0.136. The Morgan fingerprint density at radius 1 is 1.27 bits per heavy atom. The van der Waals surface area contributed by atoms with Crippen LogP contribution in [0, 0.1) is 0 Å². The number of piperidine rings is 1. The average molecular weight is 358 g/mol. The van der Waals surface area contributed by atoms with E-state index in [9.17, 15) is 9.59 Å². The quantitative estimate of drug-likeness (QED) is 0.880. The van der Waals surface area contributed by atoms with Crippen LogP contribution in [-0.2, 0) is 19.7 Å². The van der Waals surface area contributed by atoms with Gasteiger partial charge in [-0.15, -0.1) is 0 Å². The van der Waals surface area contributed by atoms with Crippen LogP contribution in [0.2, 0.25) is 0 Å². The summed E-state index contributed by atoms with van der Waals surface area (Å²) in [6.07, 6.45) is 3.47. The molecule has 26 heavy (non-hydrogen) atoms. The molecule has 0 bridgehead atoms. The van der Waals surface area contributed by atoms with Crippen LogP contribution < -0.4 is 5.32 Å². The van der Waals surface area contributed by atoms with E-state index < -0.39 is 0 Å². The average Bonchev–Trinajstić information content (AvgIpc) is 2.89. The number of benzene rings is 1. The number of likely N-dealkylation sites (tertiary alicyclic amines) is 1. The van der Waals surface area contributed by atoms with Crippen molar-refractivity contribution in [2.24, 2.45) is 0 Å². The highest BCUT2D eigenvalue weighted by Crippen LogP contribution is 2.52. The van der Waals surface area contributed by atoms with Gasteiger partial charge in [-0.05, 0) is 55.6 Å². The summed E-state index contributed by atoms with van der Waals surface area (Å²) in [5.74, 6) is 0.470. The molecule has 142 valence electrons. The van der Waals surface area contributed by atoms with Gasteiger partial charge in [0.05, 0.1) is 0 Å². The maximum absolute atomic E-state index is 12.3. The van der Waals surface area contributed by atoms with Crippen LogP contribution in [0.5, 0.6) is 0 Å². The van der Waals surface area contributed by atoms with Crippen molar-refractivity contribution in [3.05, 3.63) is 35.4 Å². The summed E-state index contributed by atoms with van der Waals surface area (Å²) in [7, 11) is 1.56. The number of hydrogen-bond acceptors (Lipinski definition) is 3. The molecular formula is C21H30N2O3. The van der Waals surface area contributed by atoms with E-state index in [0.29, 0.717) is 6.42 Å². The minimum Gasteiger partial charge on any atom is -0.375 e. The SMILES string of the molecule is COCC(=O)N1CCC2(CC1)C[C@H](CC(=O)NC(C)C)c1ccccc12. The molecular weight excluding hydrogens is 328 g/mol. The van der Waals surface area contributed by atoms with Crippen molar-refractivity contribution in [1.82, 2.24) is 10.2 Å². The first kappa shape index (κ1) is 18.9. The number of nitrogens with one attached hydrogen (secondary N) is 1. The van der Waals surface area contributed by atoms with E-state index in [2.05, 4.69) is 29.6 Å². The minimum atomic E-state index is 0.0708. The second-order valence-electron chi connectivity index (χ2n) is 8.01. The second-order valence-corrected chi connectivity index (χ2v) is 8.01. The Morgan fingerprint density at radius 3 is 2.62 bits per heavy atom. The molecule has 0 aromatic heterocycles. The first-order valence-electron chi connectivity index (χ1n) is 9.60. The number of hydrogen-bond donors (Lipinski definition) is 1. The number of ether oxygens (including phenoxy) is 1. The molecule has 5 nitrogen and oxygen atoms in total. The number of fused-ring (bicyclic) bond motifs is 2. The monoisotopic (exact) mass is 358 g/mol. The van der Waals surface area contributed by atoms with Gasteiger partial charge in [0, 0.05) is 32.7 Å². The summed E-state index contributed by atoms with van der Waals surface area (Å²) in [4.78, 5) is 26.3. The van der Waals surface area contributed by atoms with Gasteiger partial charge in [-0.25, -0.2) is 0 Å². The van der Waals surface area contributed by atoms with Crippen LogP contribution >= 0.6 is 0 Å². The zero-order valence-corrected chi connectivity index (χ0v) is 16.1. The molecule has 5 heteroatoms.